The van der Waals surface area contributed by atoms with E-state index in [4.69, 9.17) is 4.52 Å². The molecule has 3 aromatic rings. The fraction of sp³-hybridized carbons (Fsp3) is 0.381. The van der Waals surface area contributed by atoms with Gasteiger partial charge in [-0.25, -0.2) is 0 Å². The summed E-state index contributed by atoms with van der Waals surface area (Å²) in [6, 6.07) is 14.2. The lowest BCUT2D eigenvalue weighted by Gasteiger charge is -2.30. The molecule has 0 N–H and O–H groups in total. The van der Waals surface area contributed by atoms with Gasteiger partial charge in [0.25, 0.3) is 0 Å². The third-order valence-corrected chi connectivity index (χ3v) is 5.87. The molecular formula is C21H23N3O2S. The van der Waals surface area contributed by atoms with Crippen molar-refractivity contribution in [2.45, 2.75) is 32.2 Å². The Morgan fingerprint density at radius 1 is 1.19 bits per heavy atom. The summed E-state index contributed by atoms with van der Waals surface area (Å²) in [6.45, 7) is 2.35. The number of ketones is 1. The van der Waals surface area contributed by atoms with Gasteiger partial charge in [0.15, 0.2) is 11.6 Å². The van der Waals surface area contributed by atoms with Crippen molar-refractivity contribution in [3.8, 4) is 0 Å². The van der Waals surface area contributed by atoms with E-state index in [0.717, 1.165) is 49.5 Å². The predicted molar refractivity (Wildman–Crippen MR) is 105 cm³/mol. The van der Waals surface area contributed by atoms with Crippen molar-refractivity contribution in [3.63, 3.8) is 0 Å². The van der Waals surface area contributed by atoms with Crippen LogP contribution in [0.1, 0.15) is 39.8 Å². The maximum Gasteiger partial charge on any atom is 0.240 e. The van der Waals surface area contributed by atoms with E-state index in [1.807, 2.05) is 35.7 Å². The molecule has 0 bridgehead atoms. The molecule has 0 amide bonds. The number of thiophene rings is 1. The maximum absolute atomic E-state index is 12.6. The number of piperidine rings is 1. The Bertz CT molecular complexity index is 861. The van der Waals surface area contributed by atoms with Crippen LogP contribution in [0, 0.1) is 5.92 Å². The fourth-order valence-electron chi connectivity index (χ4n) is 3.58. The number of nitrogens with zero attached hydrogens (tertiary/aromatic N) is 3. The van der Waals surface area contributed by atoms with E-state index in [1.54, 1.807) is 0 Å². The maximum atomic E-state index is 12.6. The third kappa shape index (κ3) is 4.70. The zero-order valence-electron chi connectivity index (χ0n) is 15.2. The second kappa shape index (κ2) is 8.59. The molecule has 5 nitrogen and oxygen atoms in total. The average Bonchev–Trinajstić information content (AvgIpc) is 3.39. The molecule has 1 atom stereocenters. The molecule has 140 valence electrons. The van der Waals surface area contributed by atoms with Gasteiger partial charge in [-0.1, -0.05) is 41.6 Å². The number of aromatic nitrogens is 2. The quantitative estimate of drug-likeness (QED) is 0.579. The molecule has 4 rings (SSSR count). The van der Waals surface area contributed by atoms with Crippen molar-refractivity contribution < 1.29 is 9.32 Å². The lowest BCUT2D eigenvalue weighted by Crippen LogP contribution is -2.38. The van der Waals surface area contributed by atoms with Crippen molar-refractivity contribution >= 4 is 17.1 Å². The Morgan fingerprint density at radius 2 is 2.07 bits per heavy atom. The lowest BCUT2D eigenvalue weighted by molar-refractivity contribution is 0.0801. The monoisotopic (exact) mass is 381 g/mol. The smallest absolute Gasteiger partial charge is 0.240 e. The van der Waals surface area contributed by atoms with Crippen molar-refractivity contribution in [1.29, 1.82) is 0 Å². The SMILES string of the molecule is O=C(c1cccs1)[C@H]1CCCN(Cc2nc(CCc3ccccc3)no2)C1. The molecule has 0 radical (unpaired) electrons. The number of rotatable bonds is 7. The Hall–Kier alpha value is -2.31. The molecule has 0 aliphatic carbocycles. The van der Waals surface area contributed by atoms with Gasteiger partial charge in [0.1, 0.15) is 0 Å². The summed E-state index contributed by atoms with van der Waals surface area (Å²) in [4.78, 5) is 20.3. The number of benzene rings is 1. The van der Waals surface area contributed by atoms with Gasteiger partial charge in [0.2, 0.25) is 5.89 Å². The Balaban J connectivity index is 1.31. The first-order valence-corrected chi connectivity index (χ1v) is 10.3. The standard InChI is InChI=1S/C21H23N3O2S/c25-21(18-9-5-13-27-18)17-8-4-12-24(14-17)15-20-22-19(23-26-20)11-10-16-6-2-1-3-7-16/h1-3,5-7,9,13,17H,4,8,10-12,14-15H2/t17-/m0/s1. The largest absolute Gasteiger partial charge is 0.338 e. The normalized spacial score (nSPS) is 17.9. The van der Waals surface area contributed by atoms with Crippen LogP contribution in [0.4, 0.5) is 0 Å². The van der Waals surface area contributed by atoms with Crippen LogP contribution in [0.2, 0.25) is 0 Å². The van der Waals surface area contributed by atoms with Crippen molar-refractivity contribution in [2.24, 2.45) is 5.92 Å². The molecule has 2 aromatic heterocycles. The van der Waals surface area contributed by atoms with Crippen LogP contribution in [0.25, 0.3) is 0 Å². The van der Waals surface area contributed by atoms with E-state index in [2.05, 4.69) is 27.2 Å². The van der Waals surface area contributed by atoms with E-state index in [-0.39, 0.29) is 11.7 Å². The third-order valence-electron chi connectivity index (χ3n) is 4.99. The molecule has 3 heterocycles. The molecule has 1 fully saturated rings. The molecule has 1 aromatic carbocycles. The van der Waals surface area contributed by atoms with Crippen LogP contribution in [0.3, 0.4) is 0 Å². The highest BCUT2D eigenvalue weighted by Gasteiger charge is 2.28. The van der Waals surface area contributed by atoms with E-state index >= 15 is 0 Å². The molecule has 1 saturated heterocycles. The minimum absolute atomic E-state index is 0.0675. The average molecular weight is 382 g/mol. The fourth-order valence-corrected chi connectivity index (χ4v) is 4.32. The molecule has 27 heavy (non-hydrogen) atoms. The molecular weight excluding hydrogens is 358 g/mol. The highest BCUT2D eigenvalue weighted by Crippen LogP contribution is 2.24. The van der Waals surface area contributed by atoms with Crippen LogP contribution in [-0.4, -0.2) is 33.9 Å². The summed E-state index contributed by atoms with van der Waals surface area (Å²) in [5, 5.41) is 6.08. The van der Waals surface area contributed by atoms with Gasteiger partial charge in [-0.3, -0.25) is 9.69 Å². The number of carbonyl (C=O) groups excluding carboxylic acids is 1. The van der Waals surface area contributed by atoms with Gasteiger partial charge >= 0.3 is 0 Å². The van der Waals surface area contributed by atoms with E-state index in [1.165, 1.54) is 16.9 Å². The minimum atomic E-state index is 0.0675. The summed E-state index contributed by atoms with van der Waals surface area (Å²) < 4.78 is 5.44. The van der Waals surface area contributed by atoms with Gasteiger partial charge < -0.3 is 4.52 Å². The number of aryl methyl sites for hydroxylation is 2. The first-order valence-electron chi connectivity index (χ1n) is 9.43. The van der Waals surface area contributed by atoms with Gasteiger partial charge in [0.05, 0.1) is 11.4 Å². The number of carbonyl (C=O) groups is 1. The zero-order valence-corrected chi connectivity index (χ0v) is 16.0. The molecule has 6 heteroatoms. The highest BCUT2D eigenvalue weighted by atomic mass is 32.1. The number of hydrogen-bond donors (Lipinski definition) is 0. The molecule has 1 aliphatic rings. The lowest BCUT2D eigenvalue weighted by atomic mass is 9.93. The van der Waals surface area contributed by atoms with Gasteiger partial charge in [0, 0.05) is 18.9 Å². The van der Waals surface area contributed by atoms with E-state index in [0.29, 0.717) is 12.4 Å². The minimum Gasteiger partial charge on any atom is -0.338 e. The van der Waals surface area contributed by atoms with Crippen LogP contribution < -0.4 is 0 Å². The van der Waals surface area contributed by atoms with Crippen LogP contribution in [0.15, 0.2) is 52.4 Å². The first-order chi connectivity index (χ1) is 13.3. The van der Waals surface area contributed by atoms with Gasteiger partial charge in [-0.15, -0.1) is 11.3 Å². The Morgan fingerprint density at radius 3 is 2.89 bits per heavy atom. The summed E-state index contributed by atoms with van der Waals surface area (Å²) in [5.41, 5.74) is 1.27. The van der Waals surface area contributed by atoms with Crippen molar-refractivity contribution in [2.75, 3.05) is 13.1 Å². The zero-order chi connectivity index (χ0) is 18.5. The van der Waals surface area contributed by atoms with Crippen LogP contribution in [0.5, 0.6) is 0 Å². The number of hydrogen-bond acceptors (Lipinski definition) is 6. The second-order valence-electron chi connectivity index (χ2n) is 7.01. The molecule has 0 unspecified atom stereocenters. The second-order valence-corrected chi connectivity index (χ2v) is 7.95. The van der Waals surface area contributed by atoms with E-state index in [9.17, 15) is 4.79 Å². The summed E-state index contributed by atoms with van der Waals surface area (Å²) in [6.07, 6.45) is 3.66. The van der Waals surface area contributed by atoms with E-state index < -0.39 is 0 Å². The summed E-state index contributed by atoms with van der Waals surface area (Å²) in [5.74, 6) is 1.72. The Kier molecular flexibility index (Phi) is 5.75. The number of Topliss-reactive ketones (excluding diaryl/α,β-unsaturated/α-hetero) is 1. The topological polar surface area (TPSA) is 59.2 Å². The van der Waals surface area contributed by atoms with Gasteiger partial charge in [-0.05, 0) is 42.8 Å². The highest BCUT2D eigenvalue weighted by molar-refractivity contribution is 7.12. The molecule has 0 saturated carbocycles. The summed E-state index contributed by atoms with van der Waals surface area (Å²) in [7, 11) is 0. The summed E-state index contributed by atoms with van der Waals surface area (Å²) >= 11 is 1.53. The number of likely N-dealkylation sites (tertiary alicyclic amines) is 1. The molecule has 0 spiro atoms. The first kappa shape index (κ1) is 18.1. The molecule has 1 aliphatic heterocycles. The predicted octanol–water partition coefficient (Wildman–Crippen LogP) is 4.01. The van der Waals surface area contributed by atoms with Gasteiger partial charge in [-0.2, -0.15) is 4.98 Å². The van der Waals surface area contributed by atoms with Crippen molar-refractivity contribution in [3.05, 3.63) is 70.0 Å². The van der Waals surface area contributed by atoms with Crippen LogP contribution >= 0.6 is 11.3 Å². The van der Waals surface area contributed by atoms with Crippen molar-refractivity contribution in [1.82, 2.24) is 15.0 Å². The Labute approximate surface area is 163 Å². The van der Waals surface area contributed by atoms with Crippen LogP contribution in [-0.2, 0) is 19.4 Å².